The molecule has 2 rings (SSSR count). The van der Waals surface area contributed by atoms with Crippen LogP contribution in [0.4, 0.5) is 5.69 Å². The summed E-state index contributed by atoms with van der Waals surface area (Å²) in [5.74, 6) is 0. The molecule has 0 amide bonds. The van der Waals surface area contributed by atoms with Crippen LogP contribution in [0.25, 0.3) is 11.3 Å². The highest BCUT2D eigenvalue weighted by Crippen LogP contribution is 2.24. The Morgan fingerprint density at radius 3 is 2.64 bits per heavy atom. The lowest BCUT2D eigenvalue weighted by Crippen LogP contribution is -2.34. The van der Waals surface area contributed by atoms with Gasteiger partial charge in [-0.1, -0.05) is 6.92 Å². The Balaban J connectivity index is 1.99. The molecular weight excluding hydrogens is 318 g/mol. The Morgan fingerprint density at radius 1 is 1.36 bits per heavy atom. The number of nitrogens with zero attached hydrogens (tertiary/aromatic N) is 4. The summed E-state index contributed by atoms with van der Waals surface area (Å²) >= 11 is 0. The molecular formula is C18H27N5O2. The number of aromatic nitrogens is 2. The molecule has 7 heteroatoms. The number of nitrogens with one attached hydrogen (secondary N) is 1. The van der Waals surface area contributed by atoms with E-state index in [9.17, 15) is 10.1 Å². The van der Waals surface area contributed by atoms with Gasteiger partial charge in [-0.2, -0.15) is 5.10 Å². The van der Waals surface area contributed by atoms with Crippen molar-refractivity contribution >= 4 is 5.69 Å². The first-order valence-corrected chi connectivity index (χ1v) is 8.60. The van der Waals surface area contributed by atoms with Gasteiger partial charge in [0.15, 0.2) is 0 Å². The molecule has 1 N–H and O–H groups in total. The molecule has 2 aromatic rings. The maximum Gasteiger partial charge on any atom is 0.269 e. The maximum absolute atomic E-state index is 10.8. The Kier molecular flexibility index (Phi) is 6.66. The predicted octanol–water partition coefficient (Wildman–Crippen LogP) is 2.82. The first kappa shape index (κ1) is 19.1. The number of benzene rings is 1. The van der Waals surface area contributed by atoms with Gasteiger partial charge in [-0.05, 0) is 32.5 Å². The van der Waals surface area contributed by atoms with Crippen LogP contribution in [0.15, 0.2) is 30.5 Å². The third kappa shape index (κ3) is 5.11. The summed E-state index contributed by atoms with van der Waals surface area (Å²) in [4.78, 5) is 12.7. The van der Waals surface area contributed by atoms with Crippen LogP contribution in [-0.2, 0) is 13.6 Å². The second-order valence-corrected chi connectivity index (χ2v) is 6.40. The second kappa shape index (κ2) is 8.73. The highest BCUT2D eigenvalue weighted by Gasteiger charge is 2.12. The van der Waals surface area contributed by atoms with Crippen LogP contribution in [0.3, 0.4) is 0 Å². The van der Waals surface area contributed by atoms with E-state index in [1.165, 1.54) is 12.1 Å². The van der Waals surface area contributed by atoms with Gasteiger partial charge in [-0.3, -0.25) is 14.8 Å². The summed E-state index contributed by atoms with van der Waals surface area (Å²) in [6.07, 6.45) is 3.13. The van der Waals surface area contributed by atoms with Crippen LogP contribution >= 0.6 is 0 Å². The normalized spacial score (nSPS) is 12.5. The Morgan fingerprint density at radius 2 is 2.04 bits per heavy atom. The number of likely N-dealkylation sites (N-methyl/N-ethyl adjacent to an activating group) is 1. The van der Waals surface area contributed by atoms with Crippen molar-refractivity contribution in [1.82, 2.24) is 20.0 Å². The molecule has 25 heavy (non-hydrogen) atoms. The molecule has 0 radical (unpaired) electrons. The van der Waals surface area contributed by atoms with E-state index in [0.29, 0.717) is 12.6 Å². The summed E-state index contributed by atoms with van der Waals surface area (Å²) in [5, 5.41) is 18.8. The zero-order valence-corrected chi connectivity index (χ0v) is 15.4. The topological polar surface area (TPSA) is 76.2 Å². The van der Waals surface area contributed by atoms with Crippen molar-refractivity contribution in [3.63, 3.8) is 0 Å². The van der Waals surface area contributed by atoms with Gasteiger partial charge < -0.3 is 10.2 Å². The van der Waals surface area contributed by atoms with Crippen molar-refractivity contribution in [3.8, 4) is 11.3 Å². The van der Waals surface area contributed by atoms with E-state index >= 15 is 0 Å². The van der Waals surface area contributed by atoms with E-state index in [0.717, 1.165) is 36.3 Å². The molecule has 0 bridgehead atoms. The molecule has 0 aliphatic carbocycles. The fourth-order valence-corrected chi connectivity index (χ4v) is 2.66. The number of nitro groups is 1. The van der Waals surface area contributed by atoms with E-state index in [2.05, 4.69) is 36.2 Å². The number of rotatable bonds is 9. The minimum Gasteiger partial charge on any atom is -0.311 e. The predicted molar refractivity (Wildman–Crippen MR) is 99.4 cm³/mol. The second-order valence-electron chi connectivity index (χ2n) is 6.40. The van der Waals surface area contributed by atoms with Crippen molar-refractivity contribution in [3.05, 3.63) is 46.1 Å². The van der Waals surface area contributed by atoms with E-state index in [4.69, 9.17) is 0 Å². The van der Waals surface area contributed by atoms with Crippen molar-refractivity contribution in [2.45, 2.75) is 32.9 Å². The fourth-order valence-electron chi connectivity index (χ4n) is 2.66. The van der Waals surface area contributed by atoms with Gasteiger partial charge in [0.05, 0.1) is 10.6 Å². The molecule has 7 nitrogen and oxygen atoms in total. The third-order valence-electron chi connectivity index (χ3n) is 4.56. The number of non-ortho nitro benzene ring substituents is 1. The van der Waals surface area contributed by atoms with Gasteiger partial charge in [0.2, 0.25) is 0 Å². The van der Waals surface area contributed by atoms with Crippen molar-refractivity contribution in [2.24, 2.45) is 7.05 Å². The molecule has 1 aromatic heterocycles. The average Bonchev–Trinajstić information content (AvgIpc) is 2.98. The molecule has 0 fully saturated rings. The van der Waals surface area contributed by atoms with Crippen LogP contribution in [0.1, 0.15) is 25.8 Å². The van der Waals surface area contributed by atoms with Crippen molar-refractivity contribution in [1.29, 1.82) is 0 Å². The summed E-state index contributed by atoms with van der Waals surface area (Å²) in [6.45, 7) is 7.03. The lowest BCUT2D eigenvalue weighted by Gasteiger charge is -2.23. The van der Waals surface area contributed by atoms with Gasteiger partial charge in [0.1, 0.15) is 0 Å². The zero-order valence-electron chi connectivity index (χ0n) is 15.4. The lowest BCUT2D eigenvalue weighted by atomic mass is 10.1. The minimum atomic E-state index is -0.390. The molecule has 136 valence electrons. The first-order valence-electron chi connectivity index (χ1n) is 8.60. The van der Waals surface area contributed by atoms with Gasteiger partial charge >= 0.3 is 0 Å². The SMILES string of the molecule is CCC(C)N(C)CCNCc1cn(C)nc1-c1ccc([N+](=O)[O-])cc1. The molecule has 1 heterocycles. The summed E-state index contributed by atoms with van der Waals surface area (Å²) in [7, 11) is 4.03. The third-order valence-corrected chi connectivity index (χ3v) is 4.56. The molecule has 1 atom stereocenters. The Hall–Kier alpha value is -2.25. The summed E-state index contributed by atoms with van der Waals surface area (Å²) in [5.41, 5.74) is 2.93. The van der Waals surface area contributed by atoms with Crippen LogP contribution in [-0.4, -0.2) is 45.8 Å². The molecule has 0 saturated heterocycles. The molecule has 0 spiro atoms. The molecule has 1 unspecified atom stereocenters. The zero-order chi connectivity index (χ0) is 18.4. The smallest absolute Gasteiger partial charge is 0.269 e. The van der Waals surface area contributed by atoms with Crippen molar-refractivity contribution in [2.75, 3.05) is 20.1 Å². The summed E-state index contributed by atoms with van der Waals surface area (Å²) < 4.78 is 1.78. The largest absolute Gasteiger partial charge is 0.311 e. The molecule has 1 aromatic carbocycles. The Bertz CT molecular complexity index is 696. The van der Waals surface area contributed by atoms with Crippen LogP contribution in [0, 0.1) is 10.1 Å². The van der Waals surface area contributed by atoms with Crippen LogP contribution in [0.2, 0.25) is 0 Å². The monoisotopic (exact) mass is 345 g/mol. The van der Waals surface area contributed by atoms with Crippen LogP contribution in [0.5, 0.6) is 0 Å². The Labute approximate surface area is 148 Å². The van der Waals surface area contributed by atoms with Gasteiger partial charge in [0, 0.05) is 62.2 Å². The quantitative estimate of drug-likeness (QED) is 0.430. The summed E-state index contributed by atoms with van der Waals surface area (Å²) in [6, 6.07) is 7.11. The standard InChI is InChI=1S/C18H27N5O2/c1-5-14(2)21(3)11-10-19-12-16-13-22(4)20-18(16)15-6-8-17(9-7-15)23(24)25/h6-9,13-14,19H,5,10-12H2,1-4H3. The fraction of sp³-hybridized carbons (Fsp3) is 0.500. The van der Waals surface area contributed by atoms with Gasteiger partial charge in [0.25, 0.3) is 5.69 Å². The van der Waals surface area contributed by atoms with E-state index in [-0.39, 0.29) is 5.69 Å². The maximum atomic E-state index is 10.8. The van der Waals surface area contributed by atoms with Gasteiger partial charge in [-0.15, -0.1) is 0 Å². The van der Waals surface area contributed by atoms with E-state index < -0.39 is 4.92 Å². The van der Waals surface area contributed by atoms with E-state index in [1.807, 2.05) is 13.2 Å². The number of hydrogen-bond acceptors (Lipinski definition) is 5. The van der Waals surface area contributed by atoms with E-state index in [1.54, 1.807) is 16.8 Å². The number of aryl methyl sites for hydroxylation is 1. The number of hydrogen-bond donors (Lipinski definition) is 1. The van der Waals surface area contributed by atoms with Crippen molar-refractivity contribution < 1.29 is 4.92 Å². The minimum absolute atomic E-state index is 0.0902. The molecule has 0 aliphatic rings. The first-order chi connectivity index (χ1) is 11.9. The van der Waals surface area contributed by atoms with Gasteiger partial charge in [-0.25, -0.2) is 0 Å². The average molecular weight is 345 g/mol. The number of nitro benzene ring substituents is 1. The molecule has 0 saturated carbocycles. The van der Waals surface area contributed by atoms with Crippen LogP contribution < -0.4 is 5.32 Å². The highest BCUT2D eigenvalue weighted by molar-refractivity contribution is 5.64. The lowest BCUT2D eigenvalue weighted by molar-refractivity contribution is -0.384. The highest BCUT2D eigenvalue weighted by atomic mass is 16.6. The molecule has 0 aliphatic heterocycles.